The van der Waals surface area contributed by atoms with E-state index in [-0.39, 0.29) is 17.9 Å². The van der Waals surface area contributed by atoms with Crippen molar-refractivity contribution in [1.29, 1.82) is 0 Å². The Bertz CT molecular complexity index is 528. The van der Waals surface area contributed by atoms with Crippen LogP contribution in [0.25, 0.3) is 0 Å². The highest BCUT2D eigenvalue weighted by Gasteiger charge is 2.30. The van der Waals surface area contributed by atoms with Crippen LogP contribution in [-0.4, -0.2) is 18.5 Å². The fraction of sp³-hybridized carbons (Fsp3) is 0.588. The molecule has 3 unspecified atom stereocenters. The summed E-state index contributed by atoms with van der Waals surface area (Å²) in [5, 5.41) is 3.04. The van der Waals surface area contributed by atoms with Gasteiger partial charge in [-0.2, -0.15) is 13.2 Å². The van der Waals surface area contributed by atoms with Gasteiger partial charge in [-0.05, 0) is 49.4 Å². The Morgan fingerprint density at radius 2 is 1.96 bits per heavy atom. The van der Waals surface area contributed by atoms with Gasteiger partial charge < -0.3 is 11.1 Å². The predicted octanol–water partition coefficient (Wildman–Crippen LogP) is 3.13. The maximum atomic E-state index is 12.5. The van der Waals surface area contributed by atoms with Gasteiger partial charge in [-0.1, -0.05) is 25.5 Å². The summed E-state index contributed by atoms with van der Waals surface area (Å²) in [6, 6.07) is 5.11. The summed E-state index contributed by atoms with van der Waals surface area (Å²) in [5.74, 6) is -0.0155. The van der Waals surface area contributed by atoms with Gasteiger partial charge in [0.25, 0.3) is 0 Å². The van der Waals surface area contributed by atoms with Gasteiger partial charge >= 0.3 is 6.18 Å². The Morgan fingerprint density at radius 3 is 2.52 bits per heavy atom. The summed E-state index contributed by atoms with van der Waals surface area (Å²) in [4.78, 5) is 12.3. The van der Waals surface area contributed by atoms with Crippen LogP contribution in [0, 0.1) is 11.8 Å². The van der Waals surface area contributed by atoms with Crippen LogP contribution in [0.15, 0.2) is 24.3 Å². The lowest BCUT2D eigenvalue weighted by Crippen LogP contribution is -2.42. The molecule has 128 valence electrons. The van der Waals surface area contributed by atoms with Gasteiger partial charge in [-0.3, -0.25) is 4.79 Å². The molecule has 1 aromatic rings. The molecule has 0 radical (unpaired) electrons. The molecule has 0 spiro atoms. The van der Waals surface area contributed by atoms with Gasteiger partial charge in [0, 0.05) is 12.0 Å². The first kappa shape index (κ1) is 17.8. The van der Waals surface area contributed by atoms with Crippen LogP contribution in [0.3, 0.4) is 0 Å². The third-order valence-corrected chi connectivity index (χ3v) is 4.56. The number of carbonyl (C=O) groups excluding carboxylic acids is 1. The van der Waals surface area contributed by atoms with Crippen LogP contribution >= 0.6 is 0 Å². The van der Waals surface area contributed by atoms with Crippen molar-refractivity contribution in [2.75, 3.05) is 6.54 Å². The van der Waals surface area contributed by atoms with Crippen molar-refractivity contribution in [2.24, 2.45) is 17.6 Å². The molecule has 3 nitrogen and oxygen atoms in total. The molecule has 1 amide bonds. The van der Waals surface area contributed by atoms with E-state index in [1.54, 1.807) is 6.92 Å². The molecule has 1 aliphatic rings. The van der Waals surface area contributed by atoms with Crippen LogP contribution in [0.1, 0.15) is 37.3 Å². The molecule has 2 rings (SSSR count). The van der Waals surface area contributed by atoms with Crippen molar-refractivity contribution in [3.8, 4) is 0 Å². The maximum absolute atomic E-state index is 12.5. The second-order valence-electron chi connectivity index (χ2n) is 6.34. The quantitative estimate of drug-likeness (QED) is 0.872. The molecule has 3 atom stereocenters. The molecule has 1 saturated carbocycles. The monoisotopic (exact) mass is 328 g/mol. The number of halogens is 3. The summed E-state index contributed by atoms with van der Waals surface area (Å²) >= 11 is 0. The average Bonchev–Trinajstić information content (AvgIpc) is 2.94. The molecular formula is C17H23F3N2O. The van der Waals surface area contributed by atoms with Crippen molar-refractivity contribution in [1.82, 2.24) is 5.32 Å². The Hall–Kier alpha value is -1.56. The Balaban J connectivity index is 1.90. The Kier molecular flexibility index (Phi) is 5.68. The summed E-state index contributed by atoms with van der Waals surface area (Å²) in [7, 11) is 0. The van der Waals surface area contributed by atoms with Gasteiger partial charge in [-0.25, -0.2) is 0 Å². The predicted molar refractivity (Wildman–Crippen MR) is 82.6 cm³/mol. The molecule has 0 bridgehead atoms. The van der Waals surface area contributed by atoms with Crippen LogP contribution in [0.4, 0.5) is 13.2 Å². The number of hydrogen-bond acceptors (Lipinski definition) is 2. The van der Waals surface area contributed by atoms with E-state index in [0.717, 1.165) is 37.0 Å². The molecule has 0 aromatic heterocycles. The highest BCUT2D eigenvalue weighted by atomic mass is 19.4. The minimum atomic E-state index is -4.33. The van der Waals surface area contributed by atoms with Crippen molar-refractivity contribution < 1.29 is 18.0 Å². The van der Waals surface area contributed by atoms with E-state index in [9.17, 15) is 18.0 Å². The topological polar surface area (TPSA) is 55.1 Å². The number of nitrogens with two attached hydrogens (primary N) is 1. The van der Waals surface area contributed by atoms with Crippen molar-refractivity contribution in [3.63, 3.8) is 0 Å². The lowest BCUT2D eigenvalue weighted by atomic mass is 9.97. The van der Waals surface area contributed by atoms with E-state index in [2.05, 4.69) is 5.32 Å². The van der Waals surface area contributed by atoms with E-state index in [4.69, 9.17) is 5.73 Å². The summed E-state index contributed by atoms with van der Waals surface area (Å²) in [6.45, 7) is 2.36. The minimum Gasteiger partial charge on any atom is -0.353 e. The normalized spacial score (nSPS) is 22.8. The molecular weight excluding hydrogens is 305 g/mol. The van der Waals surface area contributed by atoms with Gasteiger partial charge in [0.1, 0.15) is 0 Å². The number of alkyl halides is 3. The molecule has 3 N–H and O–H groups in total. The zero-order valence-corrected chi connectivity index (χ0v) is 13.2. The van der Waals surface area contributed by atoms with E-state index >= 15 is 0 Å². The number of benzene rings is 1. The van der Waals surface area contributed by atoms with Crippen molar-refractivity contribution >= 4 is 5.91 Å². The molecule has 23 heavy (non-hydrogen) atoms. The van der Waals surface area contributed by atoms with Gasteiger partial charge in [0.2, 0.25) is 5.91 Å². The van der Waals surface area contributed by atoms with Crippen molar-refractivity contribution in [3.05, 3.63) is 35.4 Å². The average molecular weight is 328 g/mol. The lowest BCUT2D eigenvalue weighted by Gasteiger charge is -2.22. The molecule has 1 aromatic carbocycles. The van der Waals surface area contributed by atoms with E-state index in [1.807, 2.05) is 0 Å². The zero-order valence-electron chi connectivity index (χ0n) is 13.2. The molecule has 0 heterocycles. The van der Waals surface area contributed by atoms with Gasteiger partial charge in [0.05, 0.1) is 5.56 Å². The highest BCUT2D eigenvalue weighted by Crippen LogP contribution is 2.29. The number of nitrogens with one attached hydrogen (secondary N) is 1. The third-order valence-electron chi connectivity index (χ3n) is 4.56. The zero-order chi connectivity index (χ0) is 17.0. The van der Waals surface area contributed by atoms with Crippen molar-refractivity contribution in [2.45, 2.75) is 44.8 Å². The van der Waals surface area contributed by atoms with Gasteiger partial charge in [-0.15, -0.1) is 0 Å². The SMILES string of the molecule is CC(Cc1ccc(C(F)(F)F)cc1)C(=O)NC1CCCC1CN. The Labute approximate surface area is 134 Å². The molecule has 6 heteroatoms. The number of amides is 1. The second-order valence-corrected chi connectivity index (χ2v) is 6.34. The molecule has 1 aliphatic carbocycles. The standard InChI is InChI=1S/C17H23F3N2O/c1-11(16(23)22-15-4-2-3-13(15)10-21)9-12-5-7-14(8-6-12)17(18,19)20/h5-8,11,13,15H,2-4,9-10,21H2,1H3,(H,22,23). The number of carbonyl (C=O) groups is 1. The van der Waals surface area contributed by atoms with Gasteiger partial charge in [0.15, 0.2) is 0 Å². The van der Waals surface area contributed by atoms with Crippen LogP contribution in [0.2, 0.25) is 0 Å². The molecule has 0 saturated heterocycles. The molecule has 1 fully saturated rings. The van der Waals surface area contributed by atoms with E-state index < -0.39 is 11.7 Å². The first-order valence-corrected chi connectivity index (χ1v) is 7.98. The minimum absolute atomic E-state index is 0.0600. The van der Waals surface area contributed by atoms with E-state index in [1.165, 1.54) is 12.1 Å². The Morgan fingerprint density at radius 1 is 1.30 bits per heavy atom. The smallest absolute Gasteiger partial charge is 0.353 e. The third kappa shape index (κ3) is 4.70. The first-order valence-electron chi connectivity index (χ1n) is 7.98. The number of hydrogen-bond donors (Lipinski definition) is 2. The first-order chi connectivity index (χ1) is 10.8. The van der Waals surface area contributed by atoms with Crippen LogP contribution < -0.4 is 11.1 Å². The highest BCUT2D eigenvalue weighted by molar-refractivity contribution is 5.79. The summed E-state index contributed by atoms with van der Waals surface area (Å²) in [5.41, 5.74) is 5.76. The number of rotatable bonds is 5. The fourth-order valence-corrected chi connectivity index (χ4v) is 3.11. The lowest BCUT2D eigenvalue weighted by molar-refractivity contribution is -0.137. The largest absolute Gasteiger partial charge is 0.416 e. The van der Waals surface area contributed by atoms with Crippen LogP contribution in [-0.2, 0) is 17.4 Å². The molecule has 0 aliphatic heterocycles. The summed E-state index contributed by atoms with van der Waals surface area (Å²) in [6.07, 6.45) is -0.860. The summed E-state index contributed by atoms with van der Waals surface area (Å²) < 4.78 is 37.6. The maximum Gasteiger partial charge on any atom is 0.416 e. The van der Waals surface area contributed by atoms with E-state index in [0.29, 0.717) is 18.9 Å². The fourth-order valence-electron chi connectivity index (χ4n) is 3.11. The van der Waals surface area contributed by atoms with Crippen LogP contribution in [0.5, 0.6) is 0 Å². The second kappa shape index (κ2) is 7.34.